The zero-order valence-corrected chi connectivity index (χ0v) is 19.2. The van der Waals surface area contributed by atoms with Gasteiger partial charge in [0.15, 0.2) is 5.13 Å². The zero-order chi connectivity index (χ0) is 23.8. The topological polar surface area (TPSA) is 76.9 Å². The lowest BCUT2D eigenvalue weighted by Crippen LogP contribution is -2.19. The van der Waals surface area contributed by atoms with Crippen LogP contribution in [0.2, 0.25) is 0 Å². The van der Waals surface area contributed by atoms with Gasteiger partial charge in [0.25, 0.3) is 11.5 Å². The number of hydrogen-bond donors (Lipinski definition) is 1. The fourth-order valence-electron chi connectivity index (χ4n) is 4.01. The van der Waals surface area contributed by atoms with E-state index in [2.05, 4.69) is 39.6 Å². The summed E-state index contributed by atoms with van der Waals surface area (Å²) in [6.07, 6.45) is 1.50. The van der Waals surface area contributed by atoms with Crippen molar-refractivity contribution >= 4 is 44.1 Å². The average molecular weight is 475 g/mol. The third-order valence-electron chi connectivity index (χ3n) is 5.84. The molecule has 0 aliphatic rings. The molecule has 0 radical (unpaired) electrons. The maximum atomic E-state index is 12.8. The Labute approximate surface area is 204 Å². The quantitative estimate of drug-likeness (QED) is 0.344. The zero-order valence-electron chi connectivity index (χ0n) is 18.4. The van der Waals surface area contributed by atoms with E-state index >= 15 is 0 Å². The molecule has 2 aromatic heterocycles. The second-order valence-electron chi connectivity index (χ2n) is 8.04. The number of para-hydroxylation sites is 1. The number of thiazole rings is 1. The van der Waals surface area contributed by atoms with E-state index in [0.29, 0.717) is 27.3 Å². The first-order valence-electron chi connectivity index (χ1n) is 11.0. The highest BCUT2D eigenvalue weighted by Gasteiger charge is 2.12. The third kappa shape index (κ3) is 3.98. The van der Waals surface area contributed by atoms with E-state index in [9.17, 15) is 9.59 Å². The Balaban J connectivity index is 1.21. The molecular formula is C28H18N4O2S. The van der Waals surface area contributed by atoms with E-state index < -0.39 is 0 Å². The molecule has 0 unspecified atom stereocenters. The van der Waals surface area contributed by atoms with Crippen LogP contribution in [0.15, 0.2) is 107 Å². The molecule has 0 atom stereocenters. The minimum atomic E-state index is -0.264. The minimum absolute atomic E-state index is 0.156. The maximum absolute atomic E-state index is 12.8. The predicted molar refractivity (Wildman–Crippen MR) is 140 cm³/mol. The molecule has 1 N–H and O–H groups in total. The van der Waals surface area contributed by atoms with Crippen molar-refractivity contribution in [2.24, 2.45) is 0 Å². The largest absolute Gasteiger partial charge is 0.298 e. The first kappa shape index (κ1) is 20.9. The van der Waals surface area contributed by atoms with Gasteiger partial charge in [0.2, 0.25) is 0 Å². The number of carbonyl (C=O) groups is 1. The van der Waals surface area contributed by atoms with Gasteiger partial charge in [0.05, 0.1) is 22.3 Å². The number of anilines is 1. The van der Waals surface area contributed by atoms with Gasteiger partial charge in [-0.2, -0.15) is 0 Å². The number of fused-ring (bicyclic) bond motifs is 2. The smallest absolute Gasteiger partial charge is 0.265 e. The molecule has 0 spiro atoms. The summed E-state index contributed by atoms with van der Waals surface area (Å²) in [5, 5.41) is 8.18. The molecule has 168 valence electrons. The lowest BCUT2D eigenvalue weighted by Gasteiger charge is -2.08. The Morgan fingerprint density at radius 2 is 1.63 bits per heavy atom. The van der Waals surface area contributed by atoms with Gasteiger partial charge in [0, 0.05) is 16.5 Å². The Kier molecular flexibility index (Phi) is 5.16. The Morgan fingerprint density at radius 3 is 2.49 bits per heavy atom. The van der Waals surface area contributed by atoms with Crippen LogP contribution in [0.5, 0.6) is 0 Å². The molecule has 7 heteroatoms. The molecule has 4 aromatic carbocycles. The van der Waals surface area contributed by atoms with E-state index in [1.807, 2.05) is 35.7 Å². The van der Waals surface area contributed by atoms with Crippen LogP contribution in [-0.4, -0.2) is 20.4 Å². The van der Waals surface area contributed by atoms with Gasteiger partial charge in [-0.1, -0.05) is 48.5 Å². The van der Waals surface area contributed by atoms with Crippen LogP contribution in [0.3, 0.4) is 0 Å². The lowest BCUT2D eigenvalue weighted by molar-refractivity contribution is 0.102. The van der Waals surface area contributed by atoms with Crippen LogP contribution in [0.1, 0.15) is 10.4 Å². The number of nitrogens with zero attached hydrogens (tertiary/aromatic N) is 3. The van der Waals surface area contributed by atoms with Crippen LogP contribution < -0.4 is 10.9 Å². The number of nitrogens with one attached hydrogen (secondary N) is 1. The van der Waals surface area contributed by atoms with E-state index in [1.54, 1.807) is 36.4 Å². The highest BCUT2D eigenvalue weighted by molar-refractivity contribution is 7.14. The summed E-state index contributed by atoms with van der Waals surface area (Å²) in [7, 11) is 0. The number of amides is 1. The molecule has 0 saturated carbocycles. The van der Waals surface area contributed by atoms with Crippen molar-refractivity contribution in [2.75, 3.05) is 5.32 Å². The fraction of sp³-hybridized carbons (Fsp3) is 0. The predicted octanol–water partition coefficient (Wildman–Crippen LogP) is 5.91. The van der Waals surface area contributed by atoms with Crippen LogP contribution >= 0.6 is 11.3 Å². The summed E-state index contributed by atoms with van der Waals surface area (Å²) < 4.78 is 1.47. The maximum Gasteiger partial charge on any atom is 0.265 e. The highest BCUT2D eigenvalue weighted by atomic mass is 32.1. The first-order chi connectivity index (χ1) is 17.2. The SMILES string of the molecule is O=C(Nc1nc(-c2ccc3ccccc3c2)cs1)c1ccc(-n2cnc3ccccc3c2=O)cc1. The Hall–Kier alpha value is -4.62. The van der Waals surface area contributed by atoms with Crippen molar-refractivity contribution in [1.82, 2.24) is 14.5 Å². The summed E-state index contributed by atoms with van der Waals surface area (Å²) in [5.41, 5.74) is 3.41. The molecule has 6 aromatic rings. The van der Waals surface area contributed by atoms with Gasteiger partial charge >= 0.3 is 0 Å². The minimum Gasteiger partial charge on any atom is -0.298 e. The van der Waals surface area contributed by atoms with E-state index in [0.717, 1.165) is 16.6 Å². The molecule has 6 nitrogen and oxygen atoms in total. The summed E-state index contributed by atoms with van der Waals surface area (Å²) in [5.74, 6) is -0.264. The van der Waals surface area contributed by atoms with Crippen molar-refractivity contribution < 1.29 is 4.79 Å². The monoisotopic (exact) mass is 474 g/mol. The van der Waals surface area contributed by atoms with E-state index in [1.165, 1.54) is 27.6 Å². The molecule has 0 fully saturated rings. The van der Waals surface area contributed by atoms with Crippen molar-refractivity contribution in [1.29, 1.82) is 0 Å². The molecule has 1 amide bonds. The first-order valence-corrected chi connectivity index (χ1v) is 11.9. The average Bonchev–Trinajstić information content (AvgIpc) is 3.37. The normalized spacial score (nSPS) is 11.1. The van der Waals surface area contributed by atoms with Crippen molar-refractivity contribution in [3.63, 3.8) is 0 Å². The van der Waals surface area contributed by atoms with Gasteiger partial charge in [-0.25, -0.2) is 9.97 Å². The summed E-state index contributed by atoms with van der Waals surface area (Å²) >= 11 is 1.38. The van der Waals surface area contributed by atoms with E-state index in [-0.39, 0.29) is 11.5 Å². The van der Waals surface area contributed by atoms with Gasteiger partial charge in [-0.3, -0.25) is 19.5 Å². The van der Waals surface area contributed by atoms with Crippen LogP contribution in [0.25, 0.3) is 38.6 Å². The molecule has 0 aliphatic heterocycles. The molecule has 35 heavy (non-hydrogen) atoms. The number of carbonyl (C=O) groups excluding carboxylic acids is 1. The Bertz CT molecular complexity index is 1770. The molecule has 0 bridgehead atoms. The summed E-state index contributed by atoms with van der Waals surface area (Å²) in [4.78, 5) is 34.6. The van der Waals surface area contributed by atoms with Crippen molar-refractivity contribution in [3.8, 4) is 16.9 Å². The number of aromatic nitrogens is 3. The molecule has 2 heterocycles. The second-order valence-corrected chi connectivity index (χ2v) is 8.90. The van der Waals surface area contributed by atoms with Crippen LogP contribution in [0, 0.1) is 0 Å². The summed E-state index contributed by atoms with van der Waals surface area (Å²) in [6, 6.07) is 28.4. The second kappa shape index (κ2) is 8.62. The Morgan fingerprint density at radius 1 is 0.857 bits per heavy atom. The van der Waals surface area contributed by atoms with Gasteiger partial charge < -0.3 is 0 Å². The van der Waals surface area contributed by atoms with E-state index in [4.69, 9.17) is 0 Å². The van der Waals surface area contributed by atoms with Crippen molar-refractivity contribution in [3.05, 3.63) is 119 Å². The van der Waals surface area contributed by atoms with Crippen LogP contribution in [-0.2, 0) is 0 Å². The molecule has 0 saturated heterocycles. The molecule has 6 rings (SSSR count). The highest BCUT2D eigenvalue weighted by Crippen LogP contribution is 2.28. The number of benzene rings is 4. The molecule has 0 aliphatic carbocycles. The standard InChI is InChI=1S/C28H18N4O2S/c33-26(31-28-30-25(16-35-28)21-10-9-18-5-1-2-6-20(18)15-21)19-11-13-22(14-12-19)32-17-29-24-8-4-3-7-23(24)27(32)34/h1-17H,(H,30,31,33). The fourth-order valence-corrected chi connectivity index (χ4v) is 4.72. The number of hydrogen-bond acceptors (Lipinski definition) is 5. The van der Waals surface area contributed by atoms with Crippen LogP contribution in [0.4, 0.5) is 5.13 Å². The lowest BCUT2D eigenvalue weighted by atomic mass is 10.1. The van der Waals surface area contributed by atoms with Gasteiger partial charge in [0.1, 0.15) is 6.33 Å². The number of rotatable bonds is 4. The van der Waals surface area contributed by atoms with Gasteiger partial charge in [-0.05, 0) is 53.2 Å². The van der Waals surface area contributed by atoms with Crippen molar-refractivity contribution in [2.45, 2.75) is 0 Å². The molecular weight excluding hydrogens is 456 g/mol. The summed E-state index contributed by atoms with van der Waals surface area (Å²) in [6.45, 7) is 0. The third-order valence-corrected chi connectivity index (χ3v) is 6.60. The van der Waals surface area contributed by atoms with Gasteiger partial charge in [-0.15, -0.1) is 11.3 Å².